The number of hydrogen-bond acceptors (Lipinski definition) is 3. The quantitative estimate of drug-likeness (QED) is 0.201. The molecular formula is C49H35N3O. The van der Waals surface area contributed by atoms with Gasteiger partial charge in [-0.1, -0.05) is 147 Å². The molecule has 4 nitrogen and oxygen atoms in total. The number of para-hydroxylation sites is 2. The Morgan fingerprint density at radius 2 is 1.32 bits per heavy atom. The van der Waals surface area contributed by atoms with Gasteiger partial charge < -0.3 is 14.3 Å². The van der Waals surface area contributed by atoms with Crippen LogP contribution >= 0.6 is 0 Å². The van der Waals surface area contributed by atoms with Crippen LogP contribution in [0.5, 0.6) is 0 Å². The minimum absolute atomic E-state index is 0.0786. The van der Waals surface area contributed by atoms with E-state index in [1.165, 1.54) is 38.5 Å². The van der Waals surface area contributed by atoms with Crippen LogP contribution in [0.3, 0.4) is 0 Å². The fraction of sp³-hybridized carbons (Fsp3) is 0.0816. The fourth-order valence-electron chi connectivity index (χ4n) is 9.02. The SMILES string of the molecule is CC1(C)c2ccccc2-c2c1ccc1c2c2ccccc2n1-c1cccc2c1oc1cccc(C3C=C(c4ccccc4)NC(c4ccccc4)=N3)c12. The summed E-state index contributed by atoms with van der Waals surface area (Å²) in [6, 6.07) is 56.0. The monoisotopic (exact) mass is 681 g/mol. The van der Waals surface area contributed by atoms with Crippen LogP contribution in [0, 0.1) is 0 Å². The zero-order valence-corrected chi connectivity index (χ0v) is 29.5. The van der Waals surface area contributed by atoms with Crippen molar-refractivity contribution >= 4 is 55.3 Å². The van der Waals surface area contributed by atoms with Crippen molar-refractivity contribution in [3.05, 3.63) is 192 Å². The highest BCUT2D eigenvalue weighted by atomic mass is 16.3. The molecule has 1 aliphatic carbocycles. The molecule has 3 heterocycles. The summed E-state index contributed by atoms with van der Waals surface area (Å²) in [7, 11) is 0. The van der Waals surface area contributed by atoms with E-state index in [9.17, 15) is 0 Å². The average molecular weight is 682 g/mol. The van der Waals surface area contributed by atoms with E-state index in [1.54, 1.807) is 0 Å². The van der Waals surface area contributed by atoms with Crippen LogP contribution in [0.15, 0.2) is 173 Å². The van der Waals surface area contributed by atoms with Crippen molar-refractivity contribution in [2.45, 2.75) is 25.3 Å². The van der Waals surface area contributed by atoms with Gasteiger partial charge in [-0.3, -0.25) is 4.99 Å². The van der Waals surface area contributed by atoms with Crippen LogP contribution in [-0.2, 0) is 5.41 Å². The molecule has 2 aliphatic rings. The first-order valence-electron chi connectivity index (χ1n) is 18.3. The van der Waals surface area contributed by atoms with Crippen LogP contribution < -0.4 is 5.32 Å². The van der Waals surface area contributed by atoms with Crippen molar-refractivity contribution in [3.63, 3.8) is 0 Å². The van der Waals surface area contributed by atoms with Crippen LogP contribution in [0.4, 0.5) is 0 Å². The van der Waals surface area contributed by atoms with Crippen molar-refractivity contribution in [2.75, 3.05) is 0 Å². The molecule has 0 saturated heterocycles. The number of fused-ring (bicyclic) bond motifs is 10. The van der Waals surface area contributed by atoms with Crippen molar-refractivity contribution < 1.29 is 4.42 Å². The molecule has 0 fully saturated rings. The van der Waals surface area contributed by atoms with Crippen molar-refractivity contribution in [2.24, 2.45) is 4.99 Å². The van der Waals surface area contributed by atoms with Gasteiger partial charge in [0.2, 0.25) is 0 Å². The van der Waals surface area contributed by atoms with Gasteiger partial charge in [0.05, 0.1) is 22.8 Å². The predicted molar refractivity (Wildman–Crippen MR) is 219 cm³/mol. The Morgan fingerprint density at radius 3 is 2.17 bits per heavy atom. The Balaban J connectivity index is 1.16. The van der Waals surface area contributed by atoms with Gasteiger partial charge >= 0.3 is 0 Å². The van der Waals surface area contributed by atoms with E-state index in [0.29, 0.717) is 0 Å². The zero-order chi connectivity index (χ0) is 35.3. The van der Waals surface area contributed by atoms with Gasteiger partial charge in [0.25, 0.3) is 0 Å². The zero-order valence-electron chi connectivity index (χ0n) is 29.5. The van der Waals surface area contributed by atoms with Gasteiger partial charge in [0.1, 0.15) is 11.4 Å². The average Bonchev–Trinajstić information content (AvgIpc) is 3.84. The maximum absolute atomic E-state index is 6.94. The van der Waals surface area contributed by atoms with Gasteiger partial charge in [-0.2, -0.15) is 0 Å². The largest absolute Gasteiger partial charge is 0.454 e. The van der Waals surface area contributed by atoms with Crippen molar-refractivity contribution in [3.8, 4) is 16.8 Å². The molecule has 53 heavy (non-hydrogen) atoms. The van der Waals surface area contributed by atoms with Gasteiger partial charge in [-0.15, -0.1) is 0 Å². The predicted octanol–water partition coefficient (Wildman–Crippen LogP) is 12.1. The van der Waals surface area contributed by atoms with Gasteiger partial charge in [-0.05, 0) is 63.7 Å². The lowest BCUT2D eigenvalue weighted by Gasteiger charge is -2.23. The molecule has 7 aromatic carbocycles. The first-order chi connectivity index (χ1) is 26.1. The standard InChI is InChI=1S/C49H35N3O/c1-49(2)36-23-11-9-19-32(36)45-37(49)27-28-41-46(45)34-20-10-12-24-40(34)52(41)42-25-13-22-35-44-33(21-14-26-43(44)53-47(35)42)39-29-38(30-15-5-3-6-16-30)50-48(51-39)31-17-7-4-8-18-31/h3-29,39H,1-2H3,(H,50,51). The highest BCUT2D eigenvalue weighted by Crippen LogP contribution is 2.53. The van der Waals surface area contributed by atoms with Gasteiger partial charge in [-0.25, -0.2) is 0 Å². The maximum Gasteiger partial charge on any atom is 0.159 e. The van der Waals surface area contributed by atoms with E-state index in [1.807, 2.05) is 6.07 Å². The third-order valence-electron chi connectivity index (χ3n) is 11.5. The Hall–Kier alpha value is -6.65. The minimum atomic E-state index is -0.228. The summed E-state index contributed by atoms with van der Waals surface area (Å²) < 4.78 is 9.35. The van der Waals surface area contributed by atoms with E-state index < -0.39 is 0 Å². The third-order valence-corrected chi connectivity index (χ3v) is 11.5. The van der Waals surface area contributed by atoms with Crippen molar-refractivity contribution in [1.82, 2.24) is 9.88 Å². The summed E-state index contributed by atoms with van der Waals surface area (Å²) in [6.07, 6.45) is 2.24. The molecule has 1 N–H and O–H groups in total. The summed E-state index contributed by atoms with van der Waals surface area (Å²) in [5.41, 5.74) is 14.8. The highest BCUT2D eigenvalue weighted by Gasteiger charge is 2.37. The normalized spacial score (nSPS) is 16.1. The molecule has 1 aliphatic heterocycles. The molecule has 0 spiro atoms. The number of benzene rings is 7. The number of furan rings is 1. The summed E-state index contributed by atoms with van der Waals surface area (Å²) in [6.45, 7) is 4.70. The summed E-state index contributed by atoms with van der Waals surface area (Å²) in [5, 5.41) is 8.35. The van der Waals surface area contributed by atoms with Crippen LogP contribution in [0.2, 0.25) is 0 Å². The highest BCUT2D eigenvalue weighted by molar-refractivity contribution is 6.19. The van der Waals surface area contributed by atoms with Gasteiger partial charge in [0.15, 0.2) is 5.58 Å². The molecule has 0 radical (unpaired) electrons. The smallest absolute Gasteiger partial charge is 0.159 e. The second kappa shape index (κ2) is 11.2. The fourth-order valence-corrected chi connectivity index (χ4v) is 9.02. The number of nitrogens with zero attached hydrogens (tertiary/aromatic N) is 2. The number of hydrogen-bond donors (Lipinski definition) is 1. The molecule has 4 heteroatoms. The Morgan fingerprint density at radius 1 is 0.604 bits per heavy atom. The number of nitrogens with one attached hydrogen (secondary N) is 1. The third kappa shape index (κ3) is 4.33. The first kappa shape index (κ1) is 30.0. The summed E-state index contributed by atoms with van der Waals surface area (Å²) >= 11 is 0. The molecular weight excluding hydrogens is 647 g/mol. The van der Waals surface area contributed by atoms with Crippen LogP contribution in [0.25, 0.3) is 66.3 Å². The van der Waals surface area contributed by atoms with Crippen molar-refractivity contribution in [1.29, 1.82) is 0 Å². The van der Waals surface area contributed by atoms with E-state index in [0.717, 1.165) is 61.4 Å². The van der Waals surface area contributed by atoms with Crippen LogP contribution in [0.1, 0.15) is 47.7 Å². The molecule has 9 aromatic rings. The molecule has 0 saturated carbocycles. The molecule has 1 unspecified atom stereocenters. The Bertz CT molecular complexity index is 2940. The molecule has 252 valence electrons. The topological polar surface area (TPSA) is 42.5 Å². The lowest BCUT2D eigenvalue weighted by molar-refractivity contribution is 0.660. The Labute approximate surface area is 307 Å². The second-order valence-corrected chi connectivity index (χ2v) is 14.7. The van der Waals surface area contributed by atoms with Crippen LogP contribution in [-0.4, -0.2) is 10.4 Å². The maximum atomic E-state index is 6.94. The van der Waals surface area contributed by atoms with Gasteiger partial charge in [0, 0.05) is 38.2 Å². The first-order valence-corrected chi connectivity index (χ1v) is 18.3. The second-order valence-electron chi connectivity index (χ2n) is 14.7. The number of rotatable bonds is 4. The minimum Gasteiger partial charge on any atom is -0.454 e. The van der Waals surface area contributed by atoms with E-state index >= 15 is 0 Å². The lowest BCUT2D eigenvalue weighted by Crippen LogP contribution is -2.27. The summed E-state index contributed by atoms with van der Waals surface area (Å²) in [4.78, 5) is 5.33. The van der Waals surface area contributed by atoms with E-state index in [2.05, 4.69) is 181 Å². The van der Waals surface area contributed by atoms with E-state index in [-0.39, 0.29) is 11.5 Å². The number of aliphatic imine (C=N–C) groups is 1. The lowest BCUT2D eigenvalue weighted by atomic mass is 9.82. The summed E-state index contributed by atoms with van der Waals surface area (Å²) in [5.74, 6) is 0.852. The number of amidine groups is 1. The molecule has 1 atom stereocenters. The molecule has 0 amide bonds. The Kier molecular flexibility index (Phi) is 6.33. The molecule has 11 rings (SSSR count). The number of aromatic nitrogens is 1. The van der Waals surface area contributed by atoms with E-state index in [4.69, 9.17) is 9.41 Å². The molecule has 2 aromatic heterocycles. The molecule has 0 bridgehead atoms.